The summed E-state index contributed by atoms with van der Waals surface area (Å²) in [5.41, 5.74) is 4.40. The van der Waals surface area contributed by atoms with Crippen molar-refractivity contribution in [1.29, 1.82) is 0 Å². The number of piperidine rings is 1. The van der Waals surface area contributed by atoms with Gasteiger partial charge < -0.3 is 15.0 Å². The predicted octanol–water partition coefficient (Wildman–Crippen LogP) is 3.23. The average Bonchev–Trinajstić information content (AvgIpc) is 3.40. The summed E-state index contributed by atoms with van der Waals surface area (Å²) in [6, 6.07) is 5.13. The Morgan fingerprint density at radius 3 is 2.94 bits per heavy atom. The van der Waals surface area contributed by atoms with Crippen molar-refractivity contribution in [2.24, 2.45) is 5.92 Å². The van der Waals surface area contributed by atoms with E-state index in [0.29, 0.717) is 28.4 Å². The Bertz CT molecular complexity index is 1370. The summed E-state index contributed by atoms with van der Waals surface area (Å²) in [6.45, 7) is 3.80. The van der Waals surface area contributed by atoms with E-state index in [1.165, 1.54) is 11.6 Å². The van der Waals surface area contributed by atoms with Gasteiger partial charge >= 0.3 is 0 Å². The van der Waals surface area contributed by atoms with Gasteiger partial charge in [0.1, 0.15) is 5.52 Å². The van der Waals surface area contributed by atoms with Gasteiger partial charge in [-0.05, 0) is 50.4 Å². The van der Waals surface area contributed by atoms with E-state index >= 15 is 0 Å². The number of fused-ring (bicyclic) bond motifs is 3. The van der Waals surface area contributed by atoms with Gasteiger partial charge in [-0.1, -0.05) is 6.07 Å². The molecule has 2 N–H and O–H groups in total. The topological polar surface area (TPSA) is 84.2 Å². The second-order valence-electron chi connectivity index (χ2n) is 8.57. The number of amides is 1. The standard InChI is InChI=1S/C23H21FN6O/c1-13-11-30-12-15(8-18(24)21(30)28-13)29-22(31)16-2-3-17(20-19(16)26-6-7-27-20)23-4-5-25-10-14(23)9-23/h2-3,6-8,11-12,14,25H,4-5,9-10H2,1H3,(H,29,31). The van der Waals surface area contributed by atoms with Crippen molar-refractivity contribution in [1.82, 2.24) is 24.7 Å². The summed E-state index contributed by atoms with van der Waals surface area (Å²) in [6.07, 6.45) is 8.86. The summed E-state index contributed by atoms with van der Waals surface area (Å²) < 4.78 is 16.0. The third kappa shape index (κ3) is 2.82. The number of rotatable bonds is 3. The van der Waals surface area contributed by atoms with E-state index < -0.39 is 5.82 Å². The Morgan fingerprint density at radius 1 is 1.26 bits per heavy atom. The smallest absolute Gasteiger partial charge is 0.257 e. The lowest BCUT2D eigenvalue weighted by molar-refractivity contribution is 0.102. The van der Waals surface area contributed by atoms with Crippen molar-refractivity contribution < 1.29 is 9.18 Å². The third-order valence-corrected chi connectivity index (χ3v) is 6.66. The van der Waals surface area contributed by atoms with Crippen LogP contribution in [-0.2, 0) is 5.41 Å². The minimum Gasteiger partial charge on any atom is -0.320 e. The van der Waals surface area contributed by atoms with Gasteiger partial charge in [0.15, 0.2) is 11.5 Å². The van der Waals surface area contributed by atoms with Crippen molar-refractivity contribution in [3.63, 3.8) is 0 Å². The summed E-state index contributed by atoms with van der Waals surface area (Å²) >= 11 is 0. The molecule has 1 aromatic carbocycles. The summed E-state index contributed by atoms with van der Waals surface area (Å²) in [5, 5.41) is 6.26. The molecule has 31 heavy (non-hydrogen) atoms. The number of benzene rings is 1. The highest BCUT2D eigenvalue weighted by atomic mass is 19.1. The molecule has 1 saturated heterocycles. The van der Waals surface area contributed by atoms with E-state index in [4.69, 9.17) is 0 Å². The normalized spacial score (nSPS) is 22.5. The molecule has 2 aliphatic rings. The molecule has 0 spiro atoms. The lowest BCUT2D eigenvalue weighted by Gasteiger charge is -2.24. The first-order valence-electron chi connectivity index (χ1n) is 10.5. The molecule has 3 aromatic heterocycles. The Kier molecular flexibility index (Phi) is 3.89. The van der Waals surface area contributed by atoms with Crippen LogP contribution in [0.5, 0.6) is 0 Å². The lowest BCUT2D eigenvalue weighted by atomic mass is 9.86. The first-order chi connectivity index (χ1) is 15.0. The number of aromatic nitrogens is 4. The second-order valence-corrected chi connectivity index (χ2v) is 8.57. The molecular weight excluding hydrogens is 395 g/mol. The molecule has 1 aliphatic carbocycles. The molecule has 0 bridgehead atoms. The van der Waals surface area contributed by atoms with E-state index in [1.54, 1.807) is 36.1 Å². The lowest BCUT2D eigenvalue weighted by Crippen LogP contribution is -2.31. The van der Waals surface area contributed by atoms with Crippen LogP contribution in [0, 0.1) is 18.7 Å². The van der Waals surface area contributed by atoms with Gasteiger partial charge in [-0.25, -0.2) is 9.37 Å². The number of carbonyl (C=O) groups excluding carboxylic acids is 1. The van der Waals surface area contributed by atoms with Gasteiger partial charge in [-0.2, -0.15) is 0 Å². The zero-order chi connectivity index (χ0) is 21.2. The van der Waals surface area contributed by atoms with Crippen LogP contribution in [0.3, 0.4) is 0 Å². The van der Waals surface area contributed by atoms with E-state index in [9.17, 15) is 9.18 Å². The maximum Gasteiger partial charge on any atom is 0.257 e. The Morgan fingerprint density at radius 2 is 2.10 bits per heavy atom. The van der Waals surface area contributed by atoms with Gasteiger partial charge in [0.25, 0.3) is 5.91 Å². The molecular formula is C23H21FN6O. The molecule has 0 radical (unpaired) electrons. The van der Waals surface area contributed by atoms with Gasteiger partial charge in [-0.3, -0.25) is 14.8 Å². The number of carbonyl (C=O) groups is 1. The zero-order valence-corrected chi connectivity index (χ0v) is 17.0. The van der Waals surface area contributed by atoms with Crippen LogP contribution >= 0.6 is 0 Å². The number of pyridine rings is 1. The maximum absolute atomic E-state index is 14.4. The van der Waals surface area contributed by atoms with Crippen LogP contribution in [0.15, 0.2) is 43.0 Å². The van der Waals surface area contributed by atoms with Crippen molar-refractivity contribution in [2.45, 2.75) is 25.2 Å². The predicted molar refractivity (Wildman–Crippen MR) is 115 cm³/mol. The number of hydrogen-bond donors (Lipinski definition) is 2. The number of nitrogens with one attached hydrogen (secondary N) is 2. The molecule has 156 valence electrons. The van der Waals surface area contributed by atoms with E-state index in [-0.39, 0.29) is 17.0 Å². The fourth-order valence-electron chi connectivity index (χ4n) is 5.09. The Hall–Kier alpha value is -3.39. The molecule has 1 saturated carbocycles. The number of nitrogens with zero attached hydrogens (tertiary/aromatic N) is 4. The summed E-state index contributed by atoms with van der Waals surface area (Å²) in [4.78, 5) is 26.4. The van der Waals surface area contributed by atoms with Gasteiger partial charge in [0, 0.05) is 36.3 Å². The highest BCUT2D eigenvalue weighted by Gasteiger charge is 2.56. The molecule has 1 amide bonds. The van der Waals surface area contributed by atoms with Crippen molar-refractivity contribution >= 4 is 28.3 Å². The first-order valence-corrected chi connectivity index (χ1v) is 10.5. The third-order valence-electron chi connectivity index (χ3n) is 6.66. The molecule has 2 atom stereocenters. The van der Waals surface area contributed by atoms with Crippen LogP contribution in [-0.4, -0.2) is 38.3 Å². The van der Waals surface area contributed by atoms with Crippen LogP contribution in [0.25, 0.3) is 16.7 Å². The number of anilines is 1. The number of halogens is 1. The molecule has 4 aromatic rings. The highest BCUT2D eigenvalue weighted by molar-refractivity contribution is 6.11. The van der Waals surface area contributed by atoms with Crippen molar-refractivity contribution in [3.05, 3.63) is 65.6 Å². The van der Waals surface area contributed by atoms with Crippen LogP contribution in [0.2, 0.25) is 0 Å². The highest BCUT2D eigenvalue weighted by Crippen LogP contribution is 2.58. The monoisotopic (exact) mass is 416 g/mol. The molecule has 2 fully saturated rings. The van der Waals surface area contributed by atoms with Crippen LogP contribution < -0.4 is 10.6 Å². The van der Waals surface area contributed by atoms with Crippen LogP contribution in [0.4, 0.5) is 10.1 Å². The fraction of sp³-hybridized carbons (Fsp3) is 0.304. The van der Waals surface area contributed by atoms with Crippen molar-refractivity contribution in [3.8, 4) is 0 Å². The van der Waals surface area contributed by atoms with E-state index in [0.717, 1.165) is 31.4 Å². The average molecular weight is 416 g/mol. The number of aryl methyl sites for hydroxylation is 1. The largest absolute Gasteiger partial charge is 0.320 e. The minimum atomic E-state index is -0.490. The molecule has 4 heterocycles. The van der Waals surface area contributed by atoms with Gasteiger partial charge in [0.2, 0.25) is 0 Å². The second kappa shape index (κ2) is 6.55. The molecule has 7 nitrogen and oxygen atoms in total. The fourth-order valence-corrected chi connectivity index (χ4v) is 5.09. The SMILES string of the molecule is Cc1cn2cc(NC(=O)c3ccc(C45CCNCC4C5)c4nccnc34)cc(F)c2n1. The van der Waals surface area contributed by atoms with Gasteiger partial charge in [-0.15, -0.1) is 0 Å². The number of imidazole rings is 1. The quantitative estimate of drug-likeness (QED) is 0.536. The molecule has 8 heteroatoms. The van der Waals surface area contributed by atoms with E-state index in [2.05, 4.69) is 25.6 Å². The molecule has 6 rings (SSSR count). The van der Waals surface area contributed by atoms with Crippen molar-refractivity contribution in [2.75, 3.05) is 18.4 Å². The zero-order valence-electron chi connectivity index (χ0n) is 17.0. The van der Waals surface area contributed by atoms with Gasteiger partial charge in [0.05, 0.1) is 22.5 Å². The van der Waals surface area contributed by atoms with Crippen LogP contribution in [0.1, 0.15) is 34.5 Å². The Labute approximate surface area is 177 Å². The summed E-state index contributed by atoms with van der Waals surface area (Å²) in [5.74, 6) is -0.224. The maximum atomic E-state index is 14.4. The first kappa shape index (κ1) is 18.4. The number of hydrogen-bond acceptors (Lipinski definition) is 5. The molecule has 2 unspecified atom stereocenters. The van der Waals surface area contributed by atoms with E-state index in [1.807, 2.05) is 12.1 Å². The molecule has 1 aliphatic heterocycles. The summed E-state index contributed by atoms with van der Waals surface area (Å²) in [7, 11) is 0. The minimum absolute atomic E-state index is 0.141. The Balaban J connectivity index is 1.38.